The molecule has 146 valence electrons. The van der Waals surface area contributed by atoms with Crippen LogP contribution in [0, 0.1) is 0 Å². The molecule has 0 spiro atoms. The molecule has 3 aromatic rings. The Kier molecular flexibility index (Phi) is 4.99. The van der Waals surface area contributed by atoms with E-state index in [1.165, 1.54) is 4.31 Å². The molecule has 1 unspecified atom stereocenters. The number of benzene rings is 3. The minimum Gasteiger partial charge on any atom is -0.224 e. The summed E-state index contributed by atoms with van der Waals surface area (Å²) in [5.41, 5.74) is 0. The Morgan fingerprint density at radius 2 is 1.46 bits per heavy atom. The molecule has 4 rings (SSSR count). The summed E-state index contributed by atoms with van der Waals surface area (Å²) in [6.45, 7) is 0.337. The van der Waals surface area contributed by atoms with Crippen LogP contribution in [-0.2, 0) is 19.9 Å². The van der Waals surface area contributed by atoms with Crippen LogP contribution < -0.4 is 0 Å². The first-order chi connectivity index (χ1) is 13.4. The van der Waals surface area contributed by atoms with Gasteiger partial charge in [0.05, 0.1) is 15.5 Å². The van der Waals surface area contributed by atoms with Gasteiger partial charge in [-0.2, -0.15) is 4.31 Å². The fraction of sp³-hybridized carbons (Fsp3) is 0.238. The Morgan fingerprint density at radius 3 is 2.21 bits per heavy atom. The first kappa shape index (κ1) is 19.1. The lowest BCUT2D eigenvalue weighted by molar-refractivity contribution is 0.408. The highest BCUT2D eigenvalue weighted by molar-refractivity contribution is 7.91. The molecule has 0 aliphatic carbocycles. The predicted molar refractivity (Wildman–Crippen MR) is 109 cm³/mol. The second-order valence-corrected chi connectivity index (χ2v) is 10.9. The number of fused-ring (bicyclic) bond motifs is 1. The van der Waals surface area contributed by atoms with Crippen LogP contribution in [0.1, 0.15) is 12.8 Å². The van der Waals surface area contributed by atoms with Crippen molar-refractivity contribution >= 4 is 30.6 Å². The van der Waals surface area contributed by atoms with Gasteiger partial charge in [-0.05, 0) is 47.9 Å². The zero-order valence-electron chi connectivity index (χ0n) is 15.2. The van der Waals surface area contributed by atoms with Gasteiger partial charge in [-0.3, -0.25) is 0 Å². The van der Waals surface area contributed by atoms with Crippen molar-refractivity contribution in [1.82, 2.24) is 4.31 Å². The van der Waals surface area contributed by atoms with Gasteiger partial charge in [0.25, 0.3) is 0 Å². The van der Waals surface area contributed by atoms with Crippen molar-refractivity contribution < 1.29 is 16.8 Å². The van der Waals surface area contributed by atoms with Crippen LogP contribution in [0.4, 0.5) is 0 Å². The highest BCUT2D eigenvalue weighted by Crippen LogP contribution is 2.29. The maximum atomic E-state index is 13.2. The Labute approximate surface area is 165 Å². The highest BCUT2D eigenvalue weighted by atomic mass is 32.2. The molecule has 0 radical (unpaired) electrons. The van der Waals surface area contributed by atoms with Crippen molar-refractivity contribution in [1.29, 1.82) is 0 Å². The number of hydrogen-bond acceptors (Lipinski definition) is 4. The third-order valence-corrected chi connectivity index (χ3v) is 8.93. The smallest absolute Gasteiger partial charge is 0.224 e. The molecule has 1 fully saturated rings. The van der Waals surface area contributed by atoms with E-state index in [0.29, 0.717) is 19.4 Å². The number of sulfonamides is 1. The summed E-state index contributed by atoms with van der Waals surface area (Å²) in [6.07, 6.45) is 1.20. The first-order valence-corrected chi connectivity index (χ1v) is 12.3. The zero-order valence-corrected chi connectivity index (χ0v) is 16.9. The standard InChI is InChI=1S/C21H21NO4S2/c23-27(24,20-10-2-1-3-11-20)16-19-9-6-14-22(19)28(25,26)21-13-12-17-7-4-5-8-18(17)15-21/h1-5,7-8,10-13,15,19H,6,9,14,16H2. The van der Waals surface area contributed by atoms with Crippen molar-refractivity contribution in [2.75, 3.05) is 12.3 Å². The van der Waals surface area contributed by atoms with Gasteiger partial charge < -0.3 is 0 Å². The van der Waals surface area contributed by atoms with E-state index in [1.54, 1.807) is 48.5 Å². The molecule has 0 aromatic heterocycles. The molecule has 5 nitrogen and oxygen atoms in total. The number of rotatable bonds is 5. The van der Waals surface area contributed by atoms with E-state index in [0.717, 1.165) is 10.8 Å². The molecular formula is C21H21NO4S2. The molecular weight excluding hydrogens is 394 g/mol. The SMILES string of the molecule is O=S(=O)(CC1CCCN1S(=O)(=O)c1ccc2ccccc2c1)c1ccccc1. The lowest BCUT2D eigenvalue weighted by Crippen LogP contribution is -2.39. The fourth-order valence-electron chi connectivity index (χ4n) is 3.73. The summed E-state index contributed by atoms with van der Waals surface area (Å²) < 4.78 is 53.3. The molecule has 1 heterocycles. The van der Waals surface area contributed by atoms with Crippen molar-refractivity contribution in [3.8, 4) is 0 Å². The average Bonchev–Trinajstić information content (AvgIpc) is 3.16. The van der Waals surface area contributed by atoms with Crippen LogP contribution >= 0.6 is 0 Å². The molecule has 0 N–H and O–H groups in total. The first-order valence-electron chi connectivity index (χ1n) is 9.16. The maximum Gasteiger partial charge on any atom is 0.243 e. The molecule has 1 saturated heterocycles. The third kappa shape index (κ3) is 3.57. The highest BCUT2D eigenvalue weighted by Gasteiger charge is 2.38. The Hall–Kier alpha value is -2.22. The average molecular weight is 416 g/mol. The molecule has 0 bridgehead atoms. The Morgan fingerprint density at radius 1 is 0.786 bits per heavy atom. The van der Waals surface area contributed by atoms with Gasteiger partial charge in [-0.1, -0.05) is 48.5 Å². The van der Waals surface area contributed by atoms with E-state index < -0.39 is 25.9 Å². The van der Waals surface area contributed by atoms with Crippen LogP contribution in [0.3, 0.4) is 0 Å². The van der Waals surface area contributed by atoms with Crippen molar-refractivity contribution in [2.24, 2.45) is 0 Å². The van der Waals surface area contributed by atoms with Crippen LogP contribution in [0.2, 0.25) is 0 Å². The normalized spacial score (nSPS) is 18.5. The molecule has 28 heavy (non-hydrogen) atoms. The van der Waals surface area contributed by atoms with E-state index in [1.807, 2.05) is 24.3 Å². The van der Waals surface area contributed by atoms with Crippen LogP contribution in [0.5, 0.6) is 0 Å². The number of hydrogen-bond donors (Lipinski definition) is 0. The molecule has 1 atom stereocenters. The molecule has 0 saturated carbocycles. The van der Waals surface area contributed by atoms with E-state index in [2.05, 4.69) is 0 Å². The van der Waals surface area contributed by atoms with Gasteiger partial charge in [0.1, 0.15) is 0 Å². The summed E-state index contributed by atoms with van der Waals surface area (Å²) in [7, 11) is -7.32. The van der Waals surface area contributed by atoms with Crippen molar-refractivity contribution in [3.05, 3.63) is 72.8 Å². The lowest BCUT2D eigenvalue weighted by Gasteiger charge is -2.24. The van der Waals surface area contributed by atoms with Gasteiger partial charge in [-0.25, -0.2) is 16.8 Å². The molecule has 1 aliphatic heterocycles. The zero-order chi connectivity index (χ0) is 19.8. The van der Waals surface area contributed by atoms with E-state index >= 15 is 0 Å². The minimum atomic E-state index is -3.77. The predicted octanol–water partition coefficient (Wildman–Crippen LogP) is 3.47. The quantitative estimate of drug-likeness (QED) is 0.640. The van der Waals surface area contributed by atoms with E-state index in [9.17, 15) is 16.8 Å². The topological polar surface area (TPSA) is 71.5 Å². The summed E-state index contributed by atoms with van der Waals surface area (Å²) in [5.74, 6) is -0.205. The van der Waals surface area contributed by atoms with Gasteiger partial charge in [0, 0.05) is 12.6 Å². The van der Waals surface area contributed by atoms with Crippen LogP contribution in [0.15, 0.2) is 82.6 Å². The Bertz CT molecular complexity index is 1210. The Balaban J connectivity index is 1.65. The third-order valence-electron chi connectivity index (χ3n) is 5.16. The fourth-order valence-corrected chi connectivity index (χ4v) is 7.17. The minimum absolute atomic E-state index is 0.204. The largest absolute Gasteiger partial charge is 0.243 e. The molecule has 1 aliphatic rings. The second-order valence-electron chi connectivity index (χ2n) is 7.02. The molecule has 3 aromatic carbocycles. The molecule has 0 amide bonds. The van der Waals surface area contributed by atoms with Gasteiger partial charge in [0.15, 0.2) is 9.84 Å². The maximum absolute atomic E-state index is 13.2. The van der Waals surface area contributed by atoms with Crippen molar-refractivity contribution in [2.45, 2.75) is 28.7 Å². The van der Waals surface area contributed by atoms with Crippen molar-refractivity contribution in [3.63, 3.8) is 0 Å². The van der Waals surface area contributed by atoms with Gasteiger partial charge in [0.2, 0.25) is 10.0 Å². The summed E-state index contributed by atoms with van der Waals surface area (Å²) in [5, 5.41) is 1.81. The number of nitrogens with zero attached hydrogens (tertiary/aromatic N) is 1. The van der Waals surface area contributed by atoms with Gasteiger partial charge in [-0.15, -0.1) is 0 Å². The van der Waals surface area contributed by atoms with E-state index in [-0.39, 0.29) is 15.5 Å². The molecule has 7 heteroatoms. The van der Waals surface area contributed by atoms with Gasteiger partial charge >= 0.3 is 0 Å². The second kappa shape index (κ2) is 7.31. The van der Waals surface area contributed by atoms with Crippen LogP contribution in [-0.4, -0.2) is 39.5 Å². The number of sulfone groups is 1. The summed E-state index contributed by atoms with van der Waals surface area (Å²) >= 11 is 0. The van der Waals surface area contributed by atoms with Crippen LogP contribution in [0.25, 0.3) is 10.8 Å². The summed E-state index contributed by atoms with van der Waals surface area (Å²) in [6, 6.07) is 20.2. The monoisotopic (exact) mass is 415 g/mol. The summed E-state index contributed by atoms with van der Waals surface area (Å²) in [4.78, 5) is 0.431. The van der Waals surface area contributed by atoms with E-state index in [4.69, 9.17) is 0 Å². The lowest BCUT2D eigenvalue weighted by atomic mass is 10.1.